The minimum Gasteiger partial charge on any atom is -0.497 e. The van der Waals surface area contributed by atoms with Crippen LogP contribution in [0.15, 0.2) is 34.9 Å². The van der Waals surface area contributed by atoms with Crippen LogP contribution in [-0.2, 0) is 0 Å². The van der Waals surface area contributed by atoms with Gasteiger partial charge in [0, 0.05) is 6.07 Å². The topological polar surface area (TPSA) is 64.4 Å². The van der Waals surface area contributed by atoms with Crippen molar-refractivity contribution in [2.24, 2.45) is 5.92 Å². The van der Waals surface area contributed by atoms with Gasteiger partial charge in [-0.1, -0.05) is 31.1 Å². The van der Waals surface area contributed by atoms with Gasteiger partial charge in [0.15, 0.2) is 5.69 Å². The Bertz CT molecular complexity index is 602. The van der Waals surface area contributed by atoms with Crippen molar-refractivity contribution in [1.82, 2.24) is 10.5 Å². The molecule has 5 heteroatoms. The molecule has 0 aliphatic heterocycles. The van der Waals surface area contributed by atoms with Crippen molar-refractivity contribution in [3.8, 4) is 5.75 Å². The third kappa shape index (κ3) is 3.62. The molecule has 0 saturated heterocycles. The van der Waals surface area contributed by atoms with E-state index in [4.69, 9.17) is 9.26 Å². The van der Waals surface area contributed by atoms with E-state index in [1.165, 1.54) is 0 Å². The lowest BCUT2D eigenvalue weighted by molar-refractivity contribution is 0.0916. The van der Waals surface area contributed by atoms with E-state index in [1.807, 2.05) is 24.3 Å². The van der Waals surface area contributed by atoms with Crippen LogP contribution in [0.2, 0.25) is 0 Å². The molecule has 1 amide bonds. The predicted molar refractivity (Wildman–Crippen MR) is 79.3 cm³/mol. The summed E-state index contributed by atoms with van der Waals surface area (Å²) in [7, 11) is 1.63. The molecule has 0 saturated carbocycles. The number of nitrogens with zero attached hydrogens (tertiary/aromatic N) is 1. The standard InChI is InChI=1S/C16H20N2O3/c1-10(2)15(12-5-7-13(20-4)8-6-12)17-16(19)14-9-11(3)21-18-14/h5-10,15H,1-4H3,(H,17,19). The first-order chi connectivity index (χ1) is 10.0. The van der Waals surface area contributed by atoms with Gasteiger partial charge in [-0.05, 0) is 30.5 Å². The van der Waals surface area contributed by atoms with Gasteiger partial charge in [0.05, 0.1) is 13.2 Å². The lowest BCUT2D eigenvalue weighted by atomic mass is 9.96. The fourth-order valence-electron chi connectivity index (χ4n) is 2.13. The van der Waals surface area contributed by atoms with Gasteiger partial charge in [0.25, 0.3) is 5.91 Å². The molecule has 5 nitrogen and oxygen atoms in total. The number of aromatic nitrogens is 1. The smallest absolute Gasteiger partial charge is 0.273 e. The van der Waals surface area contributed by atoms with E-state index in [-0.39, 0.29) is 17.9 Å². The van der Waals surface area contributed by atoms with Crippen molar-refractivity contribution in [3.05, 3.63) is 47.3 Å². The molecule has 1 aromatic heterocycles. The van der Waals surface area contributed by atoms with Crippen molar-refractivity contribution < 1.29 is 14.1 Å². The highest BCUT2D eigenvalue weighted by Crippen LogP contribution is 2.24. The van der Waals surface area contributed by atoms with Gasteiger partial charge in [0.1, 0.15) is 11.5 Å². The summed E-state index contributed by atoms with van der Waals surface area (Å²) in [6.45, 7) is 5.87. The van der Waals surface area contributed by atoms with E-state index in [9.17, 15) is 4.79 Å². The zero-order valence-electron chi connectivity index (χ0n) is 12.7. The minimum atomic E-state index is -0.235. The Hall–Kier alpha value is -2.30. The van der Waals surface area contributed by atoms with Crippen LogP contribution in [-0.4, -0.2) is 18.2 Å². The van der Waals surface area contributed by atoms with Gasteiger partial charge in [-0.15, -0.1) is 0 Å². The highest BCUT2D eigenvalue weighted by Gasteiger charge is 2.21. The molecular formula is C16H20N2O3. The molecule has 21 heavy (non-hydrogen) atoms. The summed E-state index contributed by atoms with van der Waals surface area (Å²) in [6, 6.07) is 9.21. The number of amides is 1. The molecule has 0 radical (unpaired) electrons. The first-order valence-electron chi connectivity index (χ1n) is 6.89. The minimum absolute atomic E-state index is 0.0968. The fourth-order valence-corrected chi connectivity index (χ4v) is 2.13. The molecule has 2 aromatic rings. The van der Waals surface area contributed by atoms with Crippen LogP contribution in [0.4, 0.5) is 0 Å². The van der Waals surface area contributed by atoms with Crippen LogP contribution in [0.25, 0.3) is 0 Å². The van der Waals surface area contributed by atoms with Crippen LogP contribution < -0.4 is 10.1 Å². The number of nitrogens with one attached hydrogen (secondary N) is 1. The Morgan fingerprint density at radius 3 is 2.43 bits per heavy atom. The number of hydrogen-bond donors (Lipinski definition) is 1. The average Bonchev–Trinajstić information content (AvgIpc) is 2.91. The summed E-state index contributed by atoms with van der Waals surface area (Å²) in [5.41, 5.74) is 1.33. The Morgan fingerprint density at radius 1 is 1.29 bits per heavy atom. The van der Waals surface area contributed by atoms with E-state index in [0.29, 0.717) is 11.5 Å². The summed E-state index contributed by atoms with van der Waals surface area (Å²) in [5.74, 6) is 1.42. The van der Waals surface area contributed by atoms with E-state index < -0.39 is 0 Å². The lowest BCUT2D eigenvalue weighted by Gasteiger charge is -2.22. The van der Waals surface area contributed by atoms with Crippen LogP contribution >= 0.6 is 0 Å². The molecule has 1 heterocycles. The first kappa shape index (κ1) is 15.1. The molecule has 0 spiro atoms. The number of benzene rings is 1. The number of hydrogen-bond acceptors (Lipinski definition) is 4. The van der Waals surface area contributed by atoms with Crippen LogP contribution in [0.3, 0.4) is 0 Å². The van der Waals surface area contributed by atoms with Crippen molar-refractivity contribution in [3.63, 3.8) is 0 Å². The fraction of sp³-hybridized carbons (Fsp3) is 0.375. The first-order valence-corrected chi connectivity index (χ1v) is 6.89. The summed E-state index contributed by atoms with van der Waals surface area (Å²) in [4.78, 5) is 12.2. The maximum atomic E-state index is 12.2. The number of carbonyl (C=O) groups excluding carboxylic acids is 1. The summed E-state index contributed by atoms with van der Waals surface area (Å²) >= 11 is 0. The third-order valence-corrected chi connectivity index (χ3v) is 3.29. The molecule has 0 aliphatic carbocycles. The second kappa shape index (κ2) is 6.43. The average molecular weight is 288 g/mol. The van der Waals surface area contributed by atoms with Crippen LogP contribution in [0.5, 0.6) is 5.75 Å². The molecule has 0 bridgehead atoms. The molecule has 0 fully saturated rings. The summed E-state index contributed by atoms with van der Waals surface area (Å²) < 4.78 is 10.1. The number of methoxy groups -OCH3 is 1. The Balaban J connectivity index is 2.16. The zero-order chi connectivity index (χ0) is 15.4. The molecule has 1 unspecified atom stereocenters. The van der Waals surface area contributed by atoms with Crippen molar-refractivity contribution >= 4 is 5.91 Å². The third-order valence-electron chi connectivity index (χ3n) is 3.29. The van der Waals surface area contributed by atoms with E-state index in [0.717, 1.165) is 11.3 Å². The van der Waals surface area contributed by atoms with Crippen LogP contribution in [0.1, 0.15) is 41.7 Å². The number of carbonyl (C=O) groups is 1. The van der Waals surface area contributed by atoms with Crippen LogP contribution in [0, 0.1) is 12.8 Å². The molecule has 1 aromatic carbocycles. The predicted octanol–water partition coefficient (Wildman–Crippen LogP) is 3.12. The second-order valence-corrected chi connectivity index (χ2v) is 5.29. The molecular weight excluding hydrogens is 268 g/mol. The van der Waals surface area contributed by atoms with E-state index >= 15 is 0 Å². The van der Waals surface area contributed by atoms with Gasteiger partial charge in [-0.3, -0.25) is 4.79 Å². The lowest BCUT2D eigenvalue weighted by Crippen LogP contribution is -2.31. The zero-order valence-corrected chi connectivity index (χ0v) is 12.7. The molecule has 2 rings (SSSR count). The maximum absolute atomic E-state index is 12.2. The Morgan fingerprint density at radius 2 is 1.95 bits per heavy atom. The monoisotopic (exact) mass is 288 g/mol. The van der Waals surface area contributed by atoms with Crippen molar-refractivity contribution in [1.29, 1.82) is 0 Å². The SMILES string of the molecule is COc1ccc(C(NC(=O)c2cc(C)on2)C(C)C)cc1. The summed E-state index contributed by atoms with van der Waals surface area (Å²) in [5, 5.41) is 6.74. The number of aryl methyl sites for hydroxylation is 1. The van der Waals surface area contributed by atoms with Gasteiger partial charge in [-0.25, -0.2) is 0 Å². The van der Waals surface area contributed by atoms with Crippen molar-refractivity contribution in [2.75, 3.05) is 7.11 Å². The summed E-state index contributed by atoms with van der Waals surface area (Å²) in [6.07, 6.45) is 0. The van der Waals surface area contributed by atoms with Crippen molar-refractivity contribution in [2.45, 2.75) is 26.8 Å². The quantitative estimate of drug-likeness (QED) is 0.918. The number of rotatable bonds is 5. The van der Waals surface area contributed by atoms with Gasteiger partial charge < -0.3 is 14.6 Å². The van der Waals surface area contributed by atoms with E-state index in [1.54, 1.807) is 20.1 Å². The van der Waals surface area contributed by atoms with Gasteiger partial charge in [0.2, 0.25) is 0 Å². The van der Waals surface area contributed by atoms with E-state index in [2.05, 4.69) is 24.3 Å². The highest BCUT2D eigenvalue weighted by atomic mass is 16.5. The number of ether oxygens (including phenoxy) is 1. The van der Waals surface area contributed by atoms with Gasteiger partial charge in [-0.2, -0.15) is 0 Å². The van der Waals surface area contributed by atoms with Gasteiger partial charge >= 0.3 is 0 Å². The Labute approximate surface area is 124 Å². The maximum Gasteiger partial charge on any atom is 0.273 e. The molecule has 112 valence electrons. The normalized spacial score (nSPS) is 12.2. The highest BCUT2D eigenvalue weighted by molar-refractivity contribution is 5.92. The molecule has 1 N–H and O–H groups in total. The molecule has 1 atom stereocenters. The second-order valence-electron chi connectivity index (χ2n) is 5.29. The Kier molecular flexibility index (Phi) is 4.62. The largest absolute Gasteiger partial charge is 0.497 e. The molecule has 0 aliphatic rings.